The van der Waals surface area contributed by atoms with Gasteiger partial charge in [0.05, 0.1) is 5.92 Å². The summed E-state index contributed by atoms with van der Waals surface area (Å²) in [7, 11) is 0. The highest BCUT2D eigenvalue weighted by atomic mass is 16.2. The van der Waals surface area contributed by atoms with Crippen LogP contribution in [0.2, 0.25) is 0 Å². The number of benzene rings is 2. The Balaban J connectivity index is 1.25. The van der Waals surface area contributed by atoms with Crippen LogP contribution >= 0.6 is 0 Å². The first-order valence-corrected chi connectivity index (χ1v) is 9.86. The average molecular weight is 389 g/mol. The number of carbonyl (C=O) groups is 3. The minimum absolute atomic E-state index is 0.0154. The molecule has 0 spiro atoms. The van der Waals surface area contributed by atoms with E-state index in [2.05, 4.69) is 21.7 Å². The number of aromatic nitrogens is 1. The van der Waals surface area contributed by atoms with E-state index in [1.165, 1.54) is 10.9 Å². The van der Waals surface area contributed by atoms with E-state index in [0.717, 1.165) is 29.6 Å². The fourth-order valence-electron chi connectivity index (χ4n) is 3.78. The van der Waals surface area contributed by atoms with Crippen LogP contribution in [0.4, 0.5) is 5.69 Å². The third kappa shape index (κ3) is 4.54. The van der Waals surface area contributed by atoms with Crippen LogP contribution in [0.3, 0.4) is 0 Å². The number of carbonyl (C=O) groups excluding carboxylic acids is 3. The number of aromatic amines is 1. The lowest BCUT2D eigenvalue weighted by atomic mass is 9.98. The Labute approximate surface area is 168 Å². The van der Waals surface area contributed by atoms with Gasteiger partial charge in [0.25, 0.3) is 0 Å². The van der Waals surface area contributed by atoms with Gasteiger partial charge in [-0.15, -0.1) is 0 Å². The molecule has 0 bridgehead atoms. The first-order chi connectivity index (χ1) is 14.1. The molecule has 1 unspecified atom stereocenters. The number of rotatable bonds is 7. The van der Waals surface area contributed by atoms with Gasteiger partial charge in [-0.25, -0.2) is 0 Å². The molecule has 3 aromatic rings. The van der Waals surface area contributed by atoms with Crippen LogP contribution in [-0.2, 0) is 27.2 Å². The molecule has 3 N–H and O–H groups in total. The van der Waals surface area contributed by atoms with Gasteiger partial charge in [0.2, 0.25) is 17.7 Å². The SMILES string of the molecule is O=C1CC(Cc2ccc(NC(=O)CCCc3c[nH]c4ccccc34)cc2)C(=O)N1. The highest BCUT2D eigenvalue weighted by molar-refractivity contribution is 6.03. The smallest absolute Gasteiger partial charge is 0.230 e. The Bertz CT molecular complexity index is 1050. The van der Waals surface area contributed by atoms with Crippen LogP contribution in [0.1, 0.15) is 30.4 Å². The van der Waals surface area contributed by atoms with Gasteiger partial charge in [-0.1, -0.05) is 30.3 Å². The molecule has 148 valence electrons. The second-order valence-electron chi connectivity index (χ2n) is 7.48. The van der Waals surface area contributed by atoms with Crippen LogP contribution in [0.25, 0.3) is 10.9 Å². The van der Waals surface area contributed by atoms with Crippen molar-refractivity contribution in [3.05, 3.63) is 65.9 Å². The average Bonchev–Trinajstić information content (AvgIpc) is 3.26. The number of anilines is 1. The molecule has 2 heterocycles. The van der Waals surface area contributed by atoms with E-state index in [9.17, 15) is 14.4 Å². The van der Waals surface area contributed by atoms with Gasteiger partial charge >= 0.3 is 0 Å². The predicted octanol–water partition coefficient (Wildman–Crippen LogP) is 3.33. The van der Waals surface area contributed by atoms with Crippen molar-refractivity contribution in [3.63, 3.8) is 0 Å². The molecule has 1 atom stereocenters. The molecule has 29 heavy (non-hydrogen) atoms. The molecule has 1 saturated heterocycles. The van der Waals surface area contributed by atoms with Crippen molar-refractivity contribution in [1.29, 1.82) is 0 Å². The summed E-state index contributed by atoms with van der Waals surface area (Å²) in [5.74, 6) is -0.732. The van der Waals surface area contributed by atoms with Gasteiger partial charge in [0, 0.05) is 35.6 Å². The summed E-state index contributed by atoms with van der Waals surface area (Å²) in [5, 5.41) is 6.45. The molecule has 2 aromatic carbocycles. The Morgan fingerprint density at radius 2 is 1.86 bits per heavy atom. The summed E-state index contributed by atoms with van der Waals surface area (Å²) in [5.41, 5.74) is 4.05. The van der Waals surface area contributed by atoms with Gasteiger partial charge < -0.3 is 10.3 Å². The lowest BCUT2D eigenvalue weighted by Gasteiger charge is -2.08. The summed E-state index contributed by atoms with van der Waals surface area (Å²) in [6.07, 6.45) is 4.85. The fourth-order valence-corrected chi connectivity index (χ4v) is 3.78. The fraction of sp³-hybridized carbons (Fsp3) is 0.261. The second-order valence-corrected chi connectivity index (χ2v) is 7.48. The van der Waals surface area contributed by atoms with Crippen molar-refractivity contribution in [1.82, 2.24) is 10.3 Å². The number of aryl methyl sites for hydroxylation is 1. The van der Waals surface area contributed by atoms with Gasteiger partial charge in [-0.2, -0.15) is 0 Å². The maximum Gasteiger partial charge on any atom is 0.230 e. The van der Waals surface area contributed by atoms with Crippen molar-refractivity contribution in [2.45, 2.75) is 32.1 Å². The van der Waals surface area contributed by atoms with Crippen molar-refractivity contribution in [3.8, 4) is 0 Å². The first-order valence-electron chi connectivity index (χ1n) is 9.86. The normalized spacial score (nSPS) is 16.2. The van der Waals surface area contributed by atoms with E-state index >= 15 is 0 Å². The van der Waals surface area contributed by atoms with Gasteiger partial charge in [0.15, 0.2) is 0 Å². The quantitative estimate of drug-likeness (QED) is 0.541. The van der Waals surface area contributed by atoms with Crippen LogP contribution in [0, 0.1) is 5.92 Å². The molecule has 0 saturated carbocycles. The Morgan fingerprint density at radius 3 is 2.62 bits per heavy atom. The second kappa shape index (κ2) is 8.31. The summed E-state index contributed by atoms with van der Waals surface area (Å²) in [6, 6.07) is 15.6. The molecular formula is C23H23N3O3. The molecule has 0 aliphatic carbocycles. The van der Waals surface area contributed by atoms with Crippen LogP contribution in [0.5, 0.6) is 0 Å². The van der Waals surface area contributed by atoms with Gasteiger partial charge in [-0.05, 0) is 48.6 Å². The monoisotopic (exact) mass is 389 g/mol. The highest BCUT2D eigenvalue weighted by Crippen LogP contribution is 2.21. The molecule has 0 radical (unpaired) electrons. The molecule has 4 rings (SSSR count). The molecule has 6 heteroatoms. The van der Waals surface area contributed by atoms with E-state index in [1.54, 1.807) is 0 Å². The molecule has 1 aliphatic heterocycles. The lowest BCUT2D eigenvalue weighted by molar-refractivity contribution is -0.125. The maximum atomic E-state index is 12.2. The lowest BCUT2D eigenvalue weighted by Crippen LogP contribution is -2.22. The van der Waals surface area contributed by atoms with Crippen LogP contribution in [0.15, 0.2) is 54.7 Å². The summed E-state index contributed by atoms with van der Waals surface area (Å²) in [4.78, 5) is 38.4. The molecule has 1 aliphatic rings. The zero-order valence-electron chi connectivity index (χ0n) is 16.0. The van der Waals surface area contributed by atoms with Crippen molar-refractivity contribution < 1.29 is 14.4 Å². The zero-order valence-corrected chi connectivity index (χ0v) is 16.0. The Kier molecular flexibility index (Phi) is 5.42. The number of H-pyrrole nitrogens is 1. The van der Waals surface area contributed by atoms with Gasteiger partial charge in [0.1, 0.15) is 0 Å². The number of hydrogen-bond acceptors (Lipinski definition) is 3. The van der Waals surface area contributed by atoms with Crippen LogP contribution in [-0.4, -0.2) is 22.7 Å². The van der Waals surface area contributed by atoms with E-state index < -0.39 is 0 Å². The molecule has 3 amide bonds. The molecular weight excluding hydrogens is 366 g/mol. The van der Waals surface area contributed by atoms with E-state index in [-0.39, 0.29) is 30.1 Å². The first kappa shape index (κ1) is 18.9. The number of nitrogens with one attached hydrogen (secondary N) is 3. The van der Waals surface area contributed by atoms with Crippen molar-refractivity contribution >= 4 is 34.3 Å². The number of imide groups is 1. The number of fused-ring (bicyclic) bond motifs is 1. The van der Waals surface area contributed by atoms with Gasteiger partial charge in [-0.3, -0.25) is 19.7 Å². The standard InChI is InChI=1S/C23H23N3O3/c27-21(7-3-4-16-14-24-20-6-2-1-5-19(16)20)25-18-10-8-15(9-11-18)12-17-13-22(28)26-23(17)29/h1-2,5-6,8-11,14,17,24H,3-4,7,12-13H2,(H,25,27)(H,26,28,29). The minimum atomic E-state index is -0.299. The summed E-state index contributed by atoms with van der Waals surface area (Å²) in [6.45, 7) is 0. The topological polar surface area (TPSA) is 91.1 Å². The Hall–Kier alpha value is -3.41. The van der Waals surface area contributed by atoms with Crippen molar-refractivity contribution in [2.24, 2.45) is 5.92 Å². The third-order valence-electron chi connectivity index (χ3n) is 5.31. The third-order valence-corrected chi connectivity index (χ3v) is 5.31. The largest absolute Gasteiger partial charge is 0.361 e. The molecule has 1 aromatic heterocycles. The summed E-state index contributed by atoms with van der Waals surface area (Å²) >= 11 is 0. The molecule has 1 fully saturated rings. The molecule has 6 nitrogen and oxygen atoms in total. The Morgan fingerprint density at radius 1 is 1.07 bits per heavy atom. The number of hydrogen-bond donors (Lipinski definition) is 3. The zero-order chi connectivity index (χ0) is 20.2. The predicted molar refractivity (Wildman–Crippen MR) is 111 cm³/mol. The van der Waals surface area contributed by atoms with E-state index in [4.69, 9.17) is 0 Å². The number of amides is 3. The summed E-state index contributed by atoms with van der Waals surface area (Å²) < 4.78 is 0. The maximum absolute atomic E-state index is 12.2. The highest BCUT2D eigenvalue weighted by Gasteiger charge is 2.30. The van der Waals surface area contributed by atoms with E-state index in [0.29, 0.717) is 12.8 Å². The van der Waals surface area contributed by atoms with Crippen molar-refractivity contribution in [2.75, 3.05) is 5.32 Å². The van der Waals surface area contributed by atoms with Crippen LogP contribution < -0.4 is 10.6 Å². The number of para-hydroxylation sites is 1. The van der Waals surface area contributed by atoms with E-state index in [1.807, 2.05) is 48.7 Å². The minimum Gasteiger partial charge on any atom is -0.361 e.